The summed E-state index contributed by atoms with van der Waals surface area (Å²) in [5.41, 5.74) is 10.1. The Morgan fingerprint density at radius 2 is 1.88 bits per heavy atom. The molecular formula is C26H39F2N5O. The number of benzene rings is 1. The zero-order valence-corrected chi connectivity index (χ0v) is 20.3. The molecule has 0 bridgehead atoms. The number of carbonyl (C=O) groups excluding carboxylic acids is 1. The highest BCUT2D eigenvalue weighted by Crippen LogP contribution is 2.39. The van der Waals surface area contributed by atoms with Crippen molar-refractivity contribution in [2.45, 2.75) is 101 Å². The maximum atomic E-state index is 13.6. The second-order valence-corrected chi connectivity index (χ2v) is 10.8. The van der Waals surface area contributed by atoms with Crippen LogP contribution in [0.15, 0.2) is 12.1 Å². The Bertz CT molecular complexity index is 893. The van der Waals surface area contributed by atoms with Crippen LogP contribution < -0.4 is 21.3 Å². The zero-order valence-electron chi connectivity index (χ0n) is 20.3. The quantitative estimate of drug-likeness (QED) is 0.564. The number of hydrogen-bond acceptors (Lipinski definition) is 5. The predicted molar refractivity (Wildman–Crippen MR) is 131 cm³/mol. The lowest BCUT2D eigenvalue weighted by Crippen LogP contribution is -2.54. The lowest BCUT2D eigenvalue weighted by atomic mass is 9.86. The van der Waals surface area contributed by atoms with E-state index < -0.39 is 5.92 Å². The Labute approximate surface area is 201 Å². The van der Waals surface area contributed by atoms with Gasteiger partial charge in [-0.05, 0) is 57.2 Å². The molecule has 1 aromatic carbocycles. The fourth-order valence-electron chi connectivity index (χ4n) is 6.58. The van der Waals surface area contributed by atoms with E-state index in [4.69, 9.17) is 5.73 Å². The Morgan fingerprint density at radius 1 is 1.12 bits per heavy atom. The van der Waals surface area contributed by atoms with E-state index in [0.29, 0.717) is 25.1 Å². The molecule has 0 aromatic heterocycles. The smallest absolute Gasteiger partial charge is 0.254 e. The number of nitrogens with one attached hydrogen (secondary N) is 2. The van der Waals surface area contributed by atoms with Gasteiger partial charge in [0.1, 0.15) is 0 Å². The third-order valence-corrected chi connectivity index (χ3v) is 8.64. The first-order valence-corrected chi connectivity index (χ1v) is 13.1. The van der Waals surface area contributed by atoms with Gasteiger partial charge in [-0.15, -0.1) is 0 Å². The molecule has 5 rings (SSSR count). The van der Waals surface area contributed by atoms with Gasteiger partial charge in [-0.1, -0.05) is 12.8 Å². The summed E-state index contributed by atoms with van der Waals surface area (Å²) in [4.78, 5) is 17.4. The number of rotatable bonds is 5. The van der Waals surface area contributed by atoms with Gasteiger partial charge < -0.3 is 26.2 Å². The average molecular weight is 476 g/mol. The van der Waals surface area contributed by atoms with Crippen molar-refractivity contribution in [3.05, 3.63) is 23.3 Å². The molecule has 3 fully saturated rings. The normalized spacial score (nSPS) is 29.8. The van der Waals surface area contributed by atoms with E-state index in [1.807, 2.05) is 17.0 Å². The summed E-state index contributed by atoms with van der Waals surface area (Å²) in [5, 5.41) is 7.15. The SMILES string of the molecule is CN(c1ccc2c(c1N)CN(C1CCCNC1)C2=O)C1CCCCC1NC1CCC(F)(F)CC1. The number of nitrogens with two attached hydrogens (primary N) is 1. The second kappa shape index (κ2) is 9.61. The third kappa shape index (κ3) is 4.63. The highest BCUT2D eigenvalue weighted by molar-refractivity contribution is 6.01. The molecule has 34 heavy (non-hydrogen) atoms. The van der Waals surface area contributed by atoms with E-state index in [2.05, 4.69) is 22.6 Å². The number of carbonyl (C=O) groups is 1. The number of amides is 1. The van der Waals surface area contributed by atoms with Crippen molar-refractivity contribution in [2.24, 2.45) is 0 Å². The number of nitrogen functional groups attached to an aromatic ring is 1. The molecular weight excluding hydrogens is 436 g/mol. The first-order valence-electron chi connectivity index (χ1n) is 13.1. The number of anilines is 2. The van der Waals surface area contributed by atoms with Crippen LogP contribution >= 0.6 is 0 Å². The van der Waals surface area contributed by atoms with Gasteiger partial charge in [0.05, 0.1) is 11.4 Å². The average Bonchev–Trinajstić information content (AvgIpc) is 3.18. The van der Waals surface area contributed by atoms with Gasteiger partial charge in [0.2, 0.25) is 5.92 Å². The van der Waals surface area contributed by atoms with Gasteiger partial charge in [0.25, 0.3) is 5.91 Å². The van der Waals surface area contributed by atoms with Crippen molar-refractivity contribution in [2.75, 3.05) is 30.8 Å². The summed E-state index contributed by atoms with van der Waals surface area (Å²) in [6, 6.07) is 4.85. The summed E-state index contributed by atoms with van der Waals surface area (Å²) >= 11 is 0. The third-order valence-electron chi connectivity index (χ3n) is 8.64. The predicted octanol–water partition coefficient (Wildman–Crippen LogP) is 3.89. The summed E-state index contributed by atoms with van der Waals surface area (Å²) < 4.78 is 27.3. The summed E-state index contributed by atoms with van der Waals surface area (Å²) in [6.45, 7) is 2.44. The van der Waals surface area contributed by atoms with Crippen LogP contribution in [0.4, 0.5) is 20.2 Å². The van der Waals surface area contributed by atoms with Crippen molar-refractivity contribution >= 4 is 17.3 Å². The number of hydrogen-bond donors (Lipinski definition) is 3. The maximum Gasteiger partial charge on any atom is 0.254 e. The summed E-state index contributed by atoms with van der Waals surface area (Å²) in [7, 11) is 2.09. The van der Waals surface area contributed by atoms with E-state index in [1.54, 1.807) is 0 Å². The highest BCUT2D eigenvalue weighted by Gasteiger charge is 2.39. The molecule has 2 saturated carbocycles. The van der Waals surface area contributed by atoms with Crippen LogP contribution in [0.5, 0.6) is 0 Å². The van der Waals surface area contributed by atoms with Crippen LogP contribution in [-0.2, 0) is 6.54 Å². The summed E-state index contributed by atoms with van der Waals surface area (Å²) in [5.74, 6) is -2.41. The molecule has 3 atom stereocenters. The van der Waals surface area contributed by atoms with Crippen LogP contribution in [0.1, 0.15) is 80.1 Å². The number of halogens is 2. The van der Waals surface area contributed by atoms with E-state index in [9.17, 15) is 13.6 Å². The van der Waals surface area contributed by atoms with Gasteiger partial charge in [-0.2, -0.15) is 0 Å². The second-order valence-electron chi connectivity index (χ2n) is 10.8. The highest BCUT2D eigenvalue weighted by atomic mass is 19.3. The number of likely N-dealkylation sites (N-methyl/N-ethyl adjacent to an activating group) is 1. The molecule has 188 valence electrons. The molecule has 1 amide bonds. The molecule has 3 unspecified atom stereocenters. The van der Waals surface area contributed by atoms with E-state index in [0.717, 1.165) is 68.4 Å². The van der Waals surface area contributed by atoms with Gasteiger partial charge in [0, 0.05) is 68.3 Å². The molecule has 0 spiro atoms. The van der Waals surface area contributed by atoms with Crippen molar-refractivity contribution in [3.8, 4) is 0 Å². The van der Waals surface area contributed by atoms with Crippen LogP contribution in [0.2, 0.25) is 0 Å². The molecule has 4 N–H and O–H groups in total. The lowest BCUT2D eigenvalue weighted by molar-refractivity contribution is -0.0417. The van der Waals surface area contributed by atoms with Gasteiger partial charge in [-0.25, -0.2) is 8.78 Å². The molecule has 2 aliphatic carbocycles. The van der Waals surface area contributed by atoms with Crippen molar-refractivity contribution in [1.82, 2.24) is 15.5 Å². The summed E-state index contributed by atoms with van der Waals surface area (Å²) in [6.07, 6.45) is 7.56. The van der Waals surface area contributed by atoms with E-state index >= 15 is 0 Å². The largest absolute Gasteiger partial charge is 0.397 e. The first kappa shape index (κ1) is 23.8. The fourth-order valence-corrected chi connectivity index (χ4v) is 6.58. The number of alkyl halides is 2. The minimum atomic E-state index is -2.50. The van der Waals surface area contributed by atoms with Crippen molar-refractivity contribution < 1.29 is 13.6 Å². The van der Waals surface area contributed by atoms with E-state index in [-0.39, 0.29) is 42.9 Å². The standard InChI is InChI=1S/C26H39F2N5O/c1-32(22-7-3-2-6-21(22)31-17-10-12-26(27,28)13-11-17)23-9-8-19-20(24(23)29)16-33(25(19)34)18-5-4-14-30-15-18/h8-9,17-18,21-22,30-31H,2-7,10-16,29H2,1H3. The van der Waals surface area contributed by atoms with Gasteiger partial charge in [-0.3, -0.25) is 4.79 Å². The van der Waals surface area contributed by atoms with Gasteiger partial charge in [0.15, 0.2) is 0 Å². The maximum absolute atomic E-state index is 13.6. The molecule has 2 heterocycles. The van der Waals surface area contributed by atoms with Crippen molar-refractivity contribution in [3.63, 3.8) is 0 Å². The molecule has 0 radical (unpaired) electrons. The van der Waals surface area contributed by atoms with E-state index in [1.165, 1.54) is 0 Å². The van der Waals surface area contributed by atoms with Crippen LogP contribution in [0.3, 0.4) is 0 Å². The number of nitrogens with zero attached hydrogens (tertiary/aromatic N) is 2. The molecule has 4 aliphatic rings. The van der Waals surface area contributed by atoms with Crippen LogP contribution in [0, 0.1) is 0 Å². The Morgan fingerprint density at radius 3 is 2.62 bits per heavy atom. The fraction of sp³-hybridized carbons (Fsp3) is 0.731. The molecule has 1 saturated heterocycles. The number of fused-ring (bicyclic) bond motifs is 1. The van der Waals surface area contributed by atoms with Crippen LogP contribution in [0.25, 0.3) is 0 Å². The number of piperidine rings is 1. The zero-order chi connectivity index (χ0) is 23.9. The monoisotopic (exact) mass is 475 g/mol. The Balaban J connectivity index is 1.31. The first-order chi connectivity index (χ1) is 16.3. The topological polar surface area (TPSA) is 73.6 Å². The molecule has 1 aromatic rings. The minimum absolute atomic E-state index is 0.0172. The molecule has 8 heteroatoms. The molecule has 2 aliphatic heterocycles. The van der Waals surface area contributed by atoms with Gasteiger partial charge >= 0.3 is 0 Å². The molecule has 6 nitrogen and oxygen atoms in total. The lowest BCUT2D eigenvalue weighted by Gasteiger charge is -2.42. The van der Waals surface area contributed by atoms with Crippen LogP contribution in [-0.4, -0.2) is 61.0 Å². The van der Waals surface area contributed by atoms with Crippen molar-refractivity contribution in [1.29, 1.82) is 0 Å². The minimum Gasteiger partial charge on any atom is -0.397 e. The Kier molecular flexibility index (Phi) is 6.73. The Hall–Kier alpha value is -1.93.